The van der Waals surface area contributed by atoms with E-state index < -0.39 is 0 Å². The molecule has 1 saturated carbocycles. The van der Waals surface area contributed by atoms with Crippen molar-refractivity contribution in [2.24, 2.45) is 5.92 Å². The molecule has 2 heteroatoms. The van der Waals surface area contributed by atoms with Gasteiger partial charge >= 0.3 is 0 Å². The van der Waals surface area contributed by atoms with Crippen LogP contribution in [0.1, 0.15) is 78.7 Å². The molecule has 1 aliphatic rings. The Hall–Kier alpha value is -1.02. The van der Waals surface area contributed by atoms with Gasteiger partial charge < -0.3 is 9.47 Å². The van der Waals surface area contributed by atoms with Gasteiger partial charge in [0, 0.05) is 5.92 Å². The maximum absolute atomic E-state index is 6.19. The van der Waals surface area contributed by atoms with E-state index in [1.54, 1.807) is 0 Å². The molecule has 1 unspecified atom stereocenters. The van der Waals surface area contributed by atoms with Gasteiger partial charge in [0.1, 0.15) is 5.75 Å². The molecule has 0 saturated heterocycles. The Morgan fingerprint density at radius 1 is 0.957 bits per heavy atom. The van der Waals surface area contributed by atoms with E-state index in [9.17, 15) is 0 Å². The van der Waals surface area contributed by atoms with Gasteiger partial charge in [0.25, 0.3) is 0 Å². The first-order valence-electron chi connectivity index (χ1n) is 9.51. The van der Waals surface area contributed by atoms with Gasteiger partial charge in [-0.2, -0.15) is 0 Å². The zero-order valence-electron chi connectivity index (χ0n) is 15.8. The van der Waals surface area contributed by atoms with E-state index in [1.807, 2.05) is 0 Å². The van der Waals surface area contributed by atoms with Crippen molar-refractivity contribution in [1.82, 2.24) is 0 Å². The van der Waals surface area contributed by atoms with E-state index in [1.165, 1.54) is 44.1 Å². The molecule has 0 radical (unpaired) electrons. The topological polar surface area (TPSA) is 18.5 Å². The van der Waals surface area contributed by atoms with Crippen molar-refractivity contribution in [3.05, 3.63) is 29.8 Å². The third-order valence-corrected chi connectivity index (χ3v) is 4.01. The molecule has 0 bridgehead atoms. The summed E-state index contributed by atoms with van der Waals surface area (Å²) in [7, 11) is 0. The summed E-state index contributed by atoms with van der Waals surface area (Å²) in [6.45, 7) is 10.7. The monoisotopic (exact) mass is 320 g/mol. The van der Waals surface area contributed by atoms with Crippen LogP contribution in [0.3, 0.4) is 0 Å². The van der Waals surface area contributed by atoms with Crippen molar-refractivity contribution >= 4 is 0 Å². The number of ether oxygens (including phenoxy) is 2. The molecule has 1 aromatic carbocycles. The van der Waals surface area contributed by atoms with Gasteiger partial charge in [0.2, 0.25) is 6.29 Å². The first-order valence-corrected chi connectivity index (χ1v) is 9.51. The number of hydrogen-bond acceptors (Lipinski definition) is 2. The van der Waals surface area contributed by atoms with Crippen molar-refractivity contribution < 1.29 is 9.47 Å². The highest BCUT2D eigenvalue weighted by Gasteiger charge is 2.22. The standard InChI is InChI=1S/C18H28O2.C3H8/c1-4-15-10-12-17(13-11-15)20-18(14(2)3)19-16-8-6-5-7-9-16;1-3-2/h10-14,16,18H,4-9H2,1-3H3;3H2,1-2H3. The van der Waals surface area contributed by atoms with Crippen molar-refractivity contribution in [2.45, 2.75) is 92.0 Å². The summed E-state index contributed by atoms with van der Waals surface area (Å²) in [6.07, 6.45) is 8.86. The normalized spacial score (nSPS) is 16.6. The Bertz CT molecular complexity index is 391. The molecule has 1 aliphatic carbocycles. The average Bonchev–Trinajstić information content (AvgIpc) is 2.56. The third-order valence-electron chi connectivity index (χ3n) is 4.01. The van der Waals surface area contributed by atoms with Gasteiger partial charge in [-0.05, 0) is 37.0 Å². The van der Waals surface area contributed by atoms with Crippen LogP contribution in [-0.2, 0) is 11.2 Å². The van der Waals surface area contributed by atoms with E-state index in [4.69, 9.17) is 9.47 Å². The van der Waals surface area contributed by atoms with E-state index >= 15 is 0 Å². The van der Waals surface area contributed by atoms with Crippen molar-refractivity contribution in [2.75, 3.05) is 0 Å². The quantitative estimate of drug-likeness (QED) is 0.566. The van der Waals surface area contributed by atoms with Crippen molar-refractivity contribution in [1.29, 1.82) is 0 Å². The number of benzene rings is 1. The largest absolute Gasteiger partial charge is 0.465 e. The van der Waals surface area contributed by atoms with Crippen LogP contribution < -0.4 is 4.74 Å². The molecule has 0 aromatic heterocycles. The van der Waals surface area contributed by atoms with Gasteiger partial charge in [-0.3, -0.25) is 0 Å². The zero-order chi connectivity index (χ0) is 17.1. The molecule has 1 atom stereocenters. The third kappa shape index (κ3) is 7.87. The lowest BCUT2D eigenvalue weighted by molar-refractivity contribution is -0.150. The Kier molecular flexibility index (Phi) is 10.0. The molecule has 23 heavy (non-hydrogen) atoms. The second-order valence-corrected chi connectivity index (χ2v) is 6.83. The summed E-state index contributed by atoms with van der Waals surface area (Å²) < 4.78 is 12.2. The predicted octanol–water partition coefficient (Wildman–Crippen LogP) is 6.38. The Morgan fingerprint density at radius 2 is 1.52 bits per heavy atom. The Labute approximate surface area is 143 Å². The van der Waals surface area contributed by atoms with Crippen LogP contribution >= 0.6 is 0 Å². The maximum Gasteiger partial charge on any atom is 0.202 e. The highest BCUT2D eigenvalue weighted by Crippen LogP contribution is 2.25. The molecule has 1 fully saturated rings. The van der Waals surface area contributed by atoms with Crippen molar-refractivity contribution in [3.8, 4) is 5.75 Å². The summed E-state index contributed by atoms with van der Waals surface area (Å²) >= 11 is 0. The number of hydrogen-bond donors (Lipinski definition) is 0. The van der Waals surface area contributed by atoms with Gasteiger partial charge in [-0.15, -0.1) is 0 Å². The molecule has 0 N–H and O–H groups in total. The van der Waals surface area contributed by atoms with Crippen LogP contribution in [0, 0.1) is 5.92 Å². The minimum absolute atomic E-state index is 0.134. The van der Waals surface area contributed by atoms with Crippen LogP contribution in [0.2, 0.25) is 0 Å². The molecule has 132 valence electrons. The SMILES string of the molecule is CCC.CCc1ccc(OC(OC2CCCCC2)C(C)C)cc1. The first kappa shape index (κ1) is 20.0. The lowest BCUT2D eigenvalue weighted by atomic mass is 9.97. The maximum atomic E-state index is 6.19. The van der Waals surface area contributed by atoms with Gasteiger partial charge in [-0.1, -0.05) is 72.4 Å². The molecule has 2 nitrogen and oxygen atoms in total. The fourth-order valence-corrected chi connectivity index (χ4v) is 2.65. The van der Waals surface area contributed by atoms with E-state index in [2.05, 4.69) is 58.9 Å². The van der Waals surface area contributed by atoms with E-state index in [0.717, 1.165) is 12.2 Å². The smallest absolute Gasteiger partial charge is 0.202 e. The molecular weight excluding hydrogens is 284 g/mol. The molecule has 0 heterocycles. The molecular formula is C21H36O2. The minimum Gasteiger partial charge on any atom is -0.465 e. The molecule has 0 spiro atoms. The minimum atomic E-state index is -0.134. The second-order valence-electron chi connectivity index (χ2n) is 6.83. The van der Waals surface area contributed by atoms with Crippen LogP contribution in [-0.4, -0.2) is 12.4 Å². The summed E-state index contributed by atoms with van der Waals surface area (Å²) in [6, 6.07) is 8.37. The highest BCUT2D eigenvalue weighted by molar-refractivity contribution is 5.27. The van der Waals surface area contributed by atoms with Gasteiger partial charge in [0.05, 0.1) is 6.10 Å². The first-order chi connectivity index (χ1) is 11.1. The van der Waals surface area contributed by atoms with E-state index in [-0.39, 0.29) is 6.29 Å². The van der Waals surface area contributed by atoms with E-state index in [0.29, 0.717) is 12.0 Å². The fourth-order valence-electron chi connectivity index (χ4n) is 2.65. The Morgan fingerprint density at radius 3 is 2.00 bits per heavy atom. The molecule has 0 aliphatic heterocycles. The summed E-state index contributed by atoms with van der Waals surface area (Å²) in [5.41, 5.74) is 1.34. The number of aryl methyl sites for hydroxylation is 1. The Balaban J connectivity index is 0.000000816. The number of rotatable bonds is 6. The lowest BCUT2D eigenvalue weighted by Crippen LogP contribution is -2.32. The average molecular weight is 321 g/mol. The lowest BCUT2D eigenvalue weighted by Gasteiger charge is -2.30. The van der Waals surface area contributed by atoms with Crippen molar-refractivity contribution in [3.63, 3.8) is 0 Å². The van der Waals surface area contributed by atoms with Crippen LogP contribution in [0.25, 0.3) is 0 Å². The summed E-state index contributed by atoms with van der Waals surface area (Å²) in [5.74, 6) is 1.28. The van der Waals surface area contributed by atoms with Crippen LogP contribution in [0.4, 0.5) is 0 Å². The van der Waals surface area contributed by atoms with Crippen LogP contribution in [0.15, 0.2) is 24.3 Å². The fraction of sp³-hybridized carbons (Fsp3) is 0.714. The molecule has 2 rings (SSSR count). The zero-order valence-corrected chi connectivity index (χ0v) is 15.8. The second kappa shape index (κ2) is 11.5. The summed E-state index contributed by atoms with van der Waals surface area (Å²) in [4.78, 5) is 0. The molecule has 0 amide bonds. The predicted molar refractivity (Wildman–Crippen MR) is 99.0 cm³/mol. The molecule has 1 aromatic rings. The highest BCUT2D eigenvalue weighted by atomic mass is 16.7. The van der Waals surface area contributed by atoms with Gasteiger partial charge in [0.15, 0.2) is 0 Å². The van der Waals surface area contributed by atoms with Gasteiger partial charge in [-0.25, -0.2) is 0 Å². The van der Waals surface area contributed by atoms with Crippen LogP contribution in [0.5, 0.6) is 5.75 Å². The summed E-state index contributed by atoms with van der Waals surface area (Å²) in [5, 5.41) is 0.